The zero-order valence-electron chi connectivity index (χ0n) is 9.78. The first-order valence-electron chi connectivity index (χ1n) is 5.49. The number of halogens is 2. The molecule has 2 rings (SSSR count). The fourth-order valence-electron chi connectivity index (χ4n) is 1.87. The fraction of sp³-hybridized carbons (Fsp3) is 0.545. The van der Waals surface area contributed by atoms with Crippen LogP contribution in [0.3, 0.4) is 0 Å². The van der Waals surface area contributed by atoms with E-state index < -0.39 is 0 Å². The smallest absolute Gasteiger partial charge is 0.193 e. The van der Waals surface area contributed by atoms with Crippen molar-refractivity contribution in [2.45, 2.75) is 19.4 Å². The number of hydrogen-bond acceptors (Lipinski definition) is 2. The fourth-order valence-corrected chi connectivity index (χ4v) is 2.90. The summed E-state index contributed by atoms with van der Waals surface area (Å²) in [5.74, 6) is 1.00. The van der Waals surface area contributed by atoms with Crippen LogP contribution in [0.5, 0.6) is 0 Å². The Kier molecular flexibility index (Phi) is 6.58. The number of nitrogens with one attached hydrogen (secondary N) is 1. The highest BCUT2D eigenvalue weighted by Crippen LogP contribution is 2.21. The Labute approximate surface area is 128 Å². The summed E-state index contributed by atoms with van der Waals surface area (Å²) in [6.45, 7) is 3.04. The van der Waals surface area contributed by atoms with Gasteiger partial charge in [-0.25, -0.2) is 0 Å². The van der Waals surface area contributed by atoms with Gasteiger partial charge in [0.25, 0.3) is 0 Å². The van der Waals surface area contributed by atoms with E-state index in [4.69, 9.17) is 11.6 Å². The van der Waals surface area contributed by atoms with E-state index >= 15 is 0 Å². The average molecular weight is 386 g/mol. The molecule has 1 N–H and O–H groups in total. The second-order valence-electron chi connectivity index (χ2n) is 3.80. The number of likely N-dealkylation sites (tertiary alicyclic amines) is 1. The van der Waals surface area contributed by atoms with Crippen LogP contribution in [0.25, 0.3) is 0 Å². The summed E-state index contributed by atoms with van der Waals surface area (Å²) in [7, 11) is 1.84. The molecule has 0 aromatic carbocycles. The molecule has 96 valence electrons. The van der Waals surface area contributed by atoms with Gasteiger partial charge in [-0.2, -0.15) is 0 Å². The lowest BCUT2D eigenvalue weighted by Gasteiger charge is -2.20. The van der Waals surface area contributed by atoms with Gasteiger partial charge in [0.15, 0.2) is 5.96 Å². The van der Waals surface area contributed by atoms with Crippen molar-refractivity contribution in [2.75, 3.05) is 20.1 Å². The summed E-state index contributed by atoms with van der Waals surface area (Å²) in [6.07, 6.45) is 2.54. The molecule has 0 atom stereocenters. The molecule has 17 heavy (non-hydrogen) atoms. The minimum absolute atomic E-state index is 0. The summed E-state index contributed by atoms with van der Waals surface area (Å²) < 4.78 is 0.841. The van der Waals surface area contributed by atoms with Crippen LogP contribution >= 0.6 is 46.9 Å². The van der Waals surface area contributed by atoms with Gasteiger partial charge in [0.05, 0.1) is 10.9 Å². The van der Waals surface area contributed by atoms with Crippen LogP contribution in [0, 0.1) is 0 Å². The Morgan fingerprint density at radius 3 is 2.71 bits per heavy atom. The third-order valence-corrected chi connectivity index (χ3v) is 3.90. The Bertz CT molecular complexity index is 375. The summed E-state index contributed by atoms with van der Waals surface area (Å²) in [5, 5.41) is 3.37. The van der Waals surface area contributed by atoms with Crippen LogP contribution in [0.2, 0.25) is 4.34 Å². The highest BCUT2D eigenvalue weighted by Gasteiger charge is 2.15. The number of thiophene rings is 1. The summed E-state index contributed by atoms with van der Waals surface area (Å²) in [4.78, 5) is 7.84. The largest absolute Gasteiger partial charge is 0.351 e. The van der Waals surface area contributed by atoms with Gasteiger partial charge in [-0.1, -0.05) is 11.6 Å². The summed E-state index contributed by atoms with van der Waals surface area (Å²) >= 11 is 7.50. The molecule has 6 heteroatoms. The third-order valence-electron chi connectivity index (χ3n) is 2.67. The zero-order chi connectivity index (χ0) is 11.4. The molecule has 0 aliphatic carbocycles. The predicted molar refractivity (Wildman–Crippen MR) is 85.7 cm³/mol. The topological polar surface area (TPSA) is 27.6 Å². The monoisotopic (exact) mass is 385 g/mol. The molecule has 0 bridgehead atoms. The second kappa shape index (κ2) is 7.43. The number of guanidine groups is 1. The van der Waals surface area contributed by atoms with E-state index in [1.807, 2.05) is 13.1 Å². The first-order valence-corrected chi connectivity index (χ1v) is 6.69. The lowest BCUT2D eigenvalue weighted by atomic mass is 10.4. The Morgan fingerprint density at radius 1 is 1.47 bits per heavy atom. The van der Waals surface area contributed by atoms with E-state index in [1.165, 1.54) is 17.7 Å². The number of hydrogen-bond donors (Lipinski definition) is 1. The van der Waals surface area contributed by atoms with Gasteiger partial charge >= 0.3 is 0 Å². The van der Waals surface area contributed by atoms with Gasteiger partial charge in [-0.05, 0) is 25.0 Å². The predicted octanol–water partition coefficient (Wildman–Crippen LogP) is 3.19. The van der Waals surface area contributed by atoms with Crippen molar-refractivity contribution < 1.29 is 0 Å². The maximum Gasteiger partial charge on any atom is 0.193 e. The first kappa shape index (κ1) is 15.0. The van der Waals surface area contributed by atoms with E-state index in [9.17, 15) is 0 Å². The van der Waals surface area contributed by atoms with E-state index in [2.05, 4.69) is 21.3 Å². The number of nitrogens with zero attached hydrogens (tertiary/aromatic N) is 2. The maximum atomic E-state index is 5.89. The molecule has 1 aliphatic heterocycles. The van der Waals surface area contributed by atoms with E-state index in [-0.39, 0.29) is 24.0 Å². The van der Waals surface area contributed by atoms with Gasteiger partial charge < -0.3 is 10.2 Å². The Hall–Kier alpha value is -0.0100. The van der Waals surface area contributed by atoms with E-state index in [0.29, 0.717) is 0 Å². The maximum absolute atomic E-state index is 5.89. The highest BCUT2D eigenvalue weighted by atomic mass is 127. The number of rotatable bonds is 2. The lowest BCUT2D eigenvalue weighted by Crippen LogP contribution is -2.38. The zero-order valence-corrected chi connectivity index (χ0v) is 13.7. The number of aliphatic imine (C=N–C) groups is 1. The molecule has 1 aliphatic rings. The first-order chi connectivity index (χ1) is 7.79. The van der Waals surface area contributed by atoms with Crippen LogP contribution < -0.4 is 5.32 Å². The molecule has 0 unspecified atom stereocenters. The van der Waals surface area contributed by atoms with Gasteiger partial charge in [-0.15, -0.1) is 35.3 Å². The molecule has 3 nitrogen and oxygen atoms in total. The molecule has 0 amide bonds. The molecule has 0 radical (unpaired) electrons. The molecular formula is C11H17ClIN3S. The van der Waals surface area contributed by atoms with E-state index in [1.54, 1.807) is 11.3 Å². The normalized spacial score (nSPS) is 15.9. The SMILES string of the molecule is CN=C(NCc1ccc(Cl)s1)N1CCCC1.I. The highest BCUT2D eigenvalue weighted by molar-refractivity contribution is 14.0. The molecular weight excluding hydrogens is 369 g/mol. The molecule has 1 aromatic heterocycles. The van der Waals surface area contributed by atoms with Crippen molar-refractivity contribution in [1.82, 2.24) is 10.2 Å². The van der Waals surface area contributed by atoms with Crippen molar-refractivity contribution in [3.63, 3.8) is 0 Å². The Morgan fingerprint density at radius 2 is 2.18 bits per heavy atom. The minimum Gasteiger partial charge on any atom is -0.351 e. The van der Waals surface area contributed by atoms with Crippen molar-refractivity contribution in [3.8, 4) is 0 Å². The van der Waals surface area contributed by atoms with Gasteiger partial charge in [-0.3, -0.25) is 4.99 Å². The molecule has 2 heterocycles. The molecule has 0 spiro atoms. The summed E-state index contributed by atoms with van der Waals surface area (Å²) in [5.41, 5.74) is 0. The molecule has 1 aromatic rings. The molecule has 0 saturated carbocycles. The van der Waals surface area contributed by atoms with Crippen molar-refractivity contribution >= 4 is 52.9 Å². The Balaban J connectivity index is 0.00000144. The van der Waals surface area contributed by atoms with Gasteiger partial charge in [0.1, 0.15) is 0 Å². The standard InChI is InChI=1S/C11H16ClN3S.HI/c1-13-11(15-6-2-3-7-15)14-8-9-4-5-10(12)16-9;/h4-5H,2-3,6-8H2,1H3,(H,13,14);1H. The second-order valence-corrected chi connectivity index (χ2v) is 5.60. The lowest BCUT2D eigenvalue weighted by molar-refractivity contribution is 0.494. The minimum atomic E-state index is 0. The van der Waals surface area contributed by atoms with Crippen LogP contribution in [-0.2, 0) is 6.54 Å². The van der Waals surface area contributed by atoms with Gasteiger partial charge in [0.2, 0.25) is 0 Å². The van der Waals surface area contributed by atoms with Crippen LogP contribution in [0.1, 0.15) is 17.7 Å². The van der Waals surface area contributed by atoms with Crippen LogP contribution in [0.4, 0.5) is 0 Å². The summed E-state index contributed by atoms with van der Waals surface area (Å²) in [6, 6.07) is 3.99. The molecule has 1 saturated heterocycles. The quantitative estimate of drug-likeness (QED) is 0.481. The molecule has 1 fully saturated rings. The van der Waals surface area contributed by atoms with E-state index in [0.717, 1.165) is 29.9 Å². The van der Waals surface area contributed by atoms with Gasteiger partial charge in [0, 0.05) is 25.0 Å². The third kappa shape index (κ3) is 4.30. The average Bonchev–Trinajstić information content (AvgIpc) is 2.91. The van der Waals surface area contributed by atoms with Crippen LogP contribution in [0.15, 0.2) is 17.1 Å². The van der Waals surface area contributed by atoms with Crippen LogP contribution in [-0.4, -0.2) is 31.0 Å². The van der Waals surface area contributed by atoms with Crippen molar-refractivity contribution in [3.05, 3.63) is 21.3 Å². The van der Waals surface area contributed by atoms with Crippen molar-refractivity contribution in [1.29, 1.82) is 0 Å². The van der Waals surface area contributed by atoms with Crippen molar-refractivity contribution in [2.24, 2.45) is 4.99 Å².